The summed E-state index contributed by atoms with van der Waals surface area (Å²) >= 11 is 6.12. The zero-order valence-electron chi connectivity index (χ0n) is 10.6. The van der Waals surface area contributed by atoms with E-state index in [4.69, 9.17) is 28.6 Å². The molecule has 0 aliphatic carbocycles. The molecule has 96 valence electrons. The van der Waals surface area contributed by atoms with Crippen LogP contribution in [0.1, 0.15) is 26.3 Å². The molecule has 5 N–H and O–H groups in total. The number of rotatable bonds is 0. The Labute approximate surface area is 110 Å². The van der Waals surface area contributed by atoms with Gasteiger partial charge in [0, 0.05) is 5.39 Å². The van der Waals surface area contributed by atoms with Crippen molar-refractivity contribution in [2.24, 2.45) is 0 Å². The second-order valence-electron chi connectivity index (χ2n) is 5.26. The van der Waals surface area contributed by atoms with Crippen LogP contribution < -0.4 is 17.1 Å². The summed E-state index contributed by atoms with van der Waals surface area (Å²) in [6, 6.07) is 3.68. The Balaban J connectivity index is 3.07. The van der Waals surface area contributed by atoms with Crippen LogP contribution in [-0.4, -0.2) is 9.66 Å². The van der Waals surface area contributed by atoms with Crippen molar-refractivity contribution < 1.29 is 0 Å². The number of nitrogens with one attached hydrogen (secondary N) is 1. The molecule has 0 fully saturated rings. The fourth-order valence-electron chi connectivity index (χ4n) is 1.94. The molecule has 2 aromatic rings. The van der Waals surface area contributed by atoms with Crippen LogP contribution in [0.4, 0.5) is 5.95 Å². The van der Waals surface area contributed by atoms with E-state index in [9.17, 15) is 0 Å². The Bertz CT molecular complexity index is 681. The third-order valence-corrected chi connectivity index (χ3v) is 3.19. The number of hydrogen-bond donors (Lipinski definition) is 3. The first-order valence-corrected chi connectivity index (χ1v) is 5.92. The topological polar surface area (TPSA) is 93.7 Å². The van der Waals surface area contributed by atoms with Crippen molar-refractivity contribution in [3.8, 4) is 0 Å². The van der Waals surface area contributed by atoms with Gasteiger partial charge in [0.15, 0.2) is 5.49 Å². The van der Waals surface area contributed by atoms with E-state index >= 15 is 0 Å². The van der Waals surface area contributed by atoms with E-state index in [1.54, 1.807) is 6.07 Å². The summed E-state index contributed by atoms with van der Waals surface area (Å²) in [6.45, 7) is 6.19. The minimum absolute atomic E-state index is 0.0699. The number of anilines is 1. The van der Waals surface area contributed by atoms with Gasteiger partial charge in [-0.05, 0) is 17.0 Å². The Morgan fingerprint density at radius 1 is 1.33 bits per heavy atom. The van der Waals surface area contributed by atoms with Crippen molar-refractivity contribution in [2.75, 3.05) is 11.6 Å². The lowest BCUT2D eigenvalue weighted by Gasteiger charge is -2.22. The van der Waals surface area contributed by atoms with Crippen LogP contribution in [0, 0.1) is 5.41 Å². The molecule has 0 bridgehead atoms. The van der Waals surface area contributed by atoms with Crippen LogP contribution in [0.2, 0.25) is 5.02 Å². The standard InChI is InChI=1S/C12H16ClN5/c1-12(2,3)6-4-5-7(13)9-8(6)10(14)18(16)11(15)17-9/h4-5,14H,16H2,1-3H3,(H2,15,17). The Morgan fingerprint density at radius 3 is 2.50 bits per heavy atom. The molecule has 0 saturated heterocycles. The molecule has 5 nitrogen and oxygen atoms in total. The summed E-state index contributed by atoms with van der Waals surface area (Å²) in [5.74, 6) is 5.78. The van der Waals surface area contributed by atoms with Gasteiger partial charge in [-0.15, -0.1) is 0 Å². The molecule has 1 aromatic carbocycles. The van der Waals surface area contributed by atoms with Gasteiger partial charge in [-0.1, -0.05) is 38.4 Å². The van der Waals surface area contributed by atoms with E-state index in [0.717, 1.165) is 10.2 Å². The van der Waals surface area contributed by atoms with Crippen LogP contribution in [-0.2, 0) is 5.41 Å². The molecule has 0 amide bonds. The Morgan fingerprint density at radius 2 is 1.94 bits per heavy atom. The van der Waals surface area contributed by atoms with Gasteiger partial charge in [0.1, 0.15) is 0 Å². The van der Waals surface area contributed by atoms with E-state index in [1.807, 2.05) is 6.07 Å². The minimum atomic E-state index is -0.135. The zero-order valence-corrected chi connectivity index (χ0v) is 11.3. The minimum Gasteiger partial charge on any atom is -0.368 e. The average Bonchev–Trinajstić information content (AvgIpc) is 2.26. The normalized spacial score (nSPS) is 12.0. The maximum absolute atomic E-state index is 8.11. The SMILES string of the molecule is CC(C)(C)c1ccc(Cl)c2nc(N)n(N)c(=N)c12. The first-order valence-electron chi connectivity index (χ1n) is 5.54. The molecule has 0 aliphatic heterocycles. The van der Waals surface area contributed by atoms with Gasteiger partial charge in [0.2, 0.25) is 5.95 Å². The summed E-state index contributed by atoms with van der Waals surface area (Å²) in [4.78, 5) is 4.17. The van der Waals surface area contributed by atoms with E-state index in [2.05, 4.69) is 25.8 Å². The number of nitrogens with two attached hydrogens (primary N) is 2. The van der Waals surface area contributed by atoms with Gasteiger partial charge < -0.3 is 11.6 Å². The van der Waals surface area contributed by atoms with Gasteiger partial charge in [-0.2, -0.15) is 0 Å². The lowest BCUT2D eigenvalue weighted by atomic mass is 9.85. The van der Waals surface area contributed by atoms with Crippen molar-refractivity contribution in [1.29, 1.82) is 5.41 Å². The van der Waals surface area contributed by atoms with Crippen molar-refractivity contribution in [3.05, 3.63) is 28.2 Å². The number of nitrogens with zero attached hydrogens (tertiary/aromatic N) is 2. The molecule has 18 heavy (non-hydrogen) atoms. The van der Waals surface area contributed by atoms with E-state index in [0.29, 0.717) is 15.9 Å². The maximum Gasteiger partial charge on any atom is 0.221 e. The third-order valence-electron chi connectivity index (χ3n) is 2.89. The lowest BCUT2D eigenvalue weighted by Crippen LogP contribution is -2.32. The predicted octanol–water partition coefficient (Wildman–Crippen LogP) is 1.76. The summed E-state index contributed by atoms with van der Waals surface area (Å²) in [7, 11) is 0. The molecule has 1 heterocycles. The van der Waals surface area contributed by atoms with Gasteiger partial charge >= 0.3 is 0 Å². The number of hydrogen-bond acceptors (Lipinski definition) is 4. The predicted molar refractivity (Wildman–Crippen MR) is 73.9 cm³/mol. The monoisotopic (exact) mass is 265 g/mol. The second-order valence-corrected chi connectivity index (χ2v) is 5.66. The molecular weight excluding hydrogens is 250 g/mol. The highest BCUT2D eigenvalue weighted by molar-refractivity contribution is 6.35. The van der Waals surface area contributed by atoms with Crippen LogP contribution >= 0.6 is 11.6 Å². The highest BCUT2D eigenvalue weighted by Gasteiger charge is 2.20. The van der Waals surface area contributed by atoms with Crippen molar-refractivity contribution in [3.63, 3.8) is 0 Å². The van der Waals surface area contributed by atoms with Crippen LogP contribution in [0.5, 0.6) is 0 Å². The zero-order chi connectivity index (χ0) is 13.7. The van der Waals surface area contributed by atoms with Crippen molar-refractivity contribution in [1.82, 2.24) is 9.66 Å². The largest absolute Gasteiger partial charge is 0.368 e. The molecule has 0 spiro atoms. The smallest absolute Gasteiger partial charge is 0.221 e. The summed E-state index contributed by atoms with van der Waals surface area (Å²) in [5.41, 5.74) is 7.14. The summed E-state index contributed by atoms with van der Waals surface area (Å²) in [5, 5.41) is 9.22. The van der Waals surface area contributed by atoms with Gasteiger partial charge in [-0.3, -0.25) is 5.41 Å². The highest BCUT2D eigenvalue weighted by atomic mass is 35.5. The number of fused-ring (bicyclic) bond motifs is 1. The Kier molecular flexibility index (Phi) is 2.74. The van der Waals surface area contributed by atoms with Crippen LogP contribution in [0.25, 0.3) is 10.9 Å². The third kappa shape index (κ3) is 1.80. The fourth-order valence-corrected chi connectivity index (χ4v) is 2.14. The number of benzene rings is 1. The molecule has 0 aliphatic rings. The quantitative estimate of drug-likeness (QED) is 0.634. The van der Waals surface area contributed by atoms with Gasteiger partial charge in [0.05, 0.1) is 10.5 Å². The van der Waals surface area contributed by atoms with Gasteiger partial charge in [0.25, 0.3) is 0 Å². The van der Waals surface area contributed by atoms with E-state index in [-0.39, 0.29) is 16.9 Å². The first-order chi connectivity index (χ1) is 8.23. The molecule has 0 unspecified atom stereocenters. The fraction of sp³-hybridized carbons (Fsp3) is 0.333. The summed E-state index contributed by atoms with van der Waals surface area (Å²) in [6.07, 6.45) is 0. The lowest BCUT2D eigenvalue weighted by molar-refractivity contribution is 0.594. The number of halogens is 1. The molecule has 6 heteroatoms. The molecule has 0 saturated carbocycles. The molecule has 1 aromatic heterocycles. The second kappa shape index (κ2) is 3.88. The average molecular weight is 266 g/mol. The molecular formula is C12H16ClN5. The highest BCUT2D eigenvalue weighted by Crippen LogP contribution is 2.31. The van der Waals surface area contributed by atoms with E-state index in [1.165, 1.54) is 0 Å². The molecule has 2 rings (SSSR count). The summed E-state index contributed by atoms with van der Waals surface area (Å²) < 4.78 is 1.06. The first kappa shape index (κ1) is 12.7. The maximum atomic E-state index is 8.11. The Hall–Kier alpha value is -1.75. The van der Waals surface area contributed by atoms with Crippen molar-refractivity contribution >= 4 is 28.5 Å². The number of aromatic nitrogens is 2. The molecule has 0 atom stereocenters. The van der Waals surface area contributed by atoms with Crippen LogP contribution in [0.3, 0.4) is 0 Å². The number of nitrogen functional groups attached to an aromatic ring is 2. The van der Waals surface area contributed by atoms with Gasteiger partial charge in [-0.25, -0.2) is 9.66 Å². The van der Waals surface area contributed by atoms with E-state index < -0.39 is 0 Å². The van der Waals surface area contributed by atoms with Crippen LogP contribution in [0.15, 0.2) is 12.1 Å². The van der Waals surface area contributed by atoms with Crippen molar-refractivity contribution in [2.45, 2.75) is 26.2 Å². The molecule has 0 radical (unpaired) electrons.